The molecule has 0 aliphatic rings. The summed E-state index contributed by atoms with van der Waals surface area (Å²) in [6.45, 7) is 5.62. The zero-order valence-electron chi connectivity index (χ0n) is 18.9. The smallest absolute Gasteiger partial charge is 0.0739 e. The van der Waals surface area contributed by atoms with Gasteiger partial charge in [-0.25, -0.2) is 0 Å². The topological polar surface area (TPSA) is 67.8 Å². The molecule has 3 nitrogen and oxygen atoms in total. The quantitative estimate of drug-likeness (QED) is 0.269. The number of rotatable bonds is 20. The Bertz CT molecular complexity index is 259. The van der Waals surface area contributed by atoms with Crippen LogP contribution in [-0.4, -0.2) is 12.5 Å². The van der Waals surface area contributed by atoms with E-state index in [1.807, 2.05) is 0 Å². The predicted molar refractivity (Wildman–Crippen MR) is 116 cm³/mol. The Morgan fingerprint density at radius 2 is 0.852 bits per heavy atom. The van der Waals surface area contributed by atoms with Crippen molar-refractivity contribution in [2.45, 2.75) is 142 Å². The third kappa shape index (κ3) is 33.4. The molecule has 27 heavy (non-hydrogen) atoms. The number of quaternary nitrogens is 1. The fourth-order valence-electron chi connectivity index (χ4n) is 3.24. The van der Waals surface area contributed by atoms with Gasteiger partial charge in [0, 0.05) is 5.97 Å². The molecule has 0 aliphatic heterocycles. The van der Waals surface area contributed by atoms with E-state index in [-0.39, 0.29) is 6.42 Å². The zero-order valence-corrected chi connectivity index (χ0v) is 18.9. The van der Waals surface area contributed by atoms with E-state index in [0.29, 0.717) is 0 Å². The molecule has 164 valence electrons. The molecule has 0 aromatic rings. The lowest BCUT2D eigenvalue weighted by molar-refractivity contribution is -0.368. The summed E-state index contributed by atoms with van der Waals surface area (Å²) in [5.74, 6) is -0.909. The molecule has 0 radical (unpaired) electrons. The molecule has 0 amide bonds. The van der Waals surface area contributed by atoms with Gasteiger partial charge >= 0.3 is 0 Å². The number of carboxylic acid groups (broad SMARTS) is 1. The number of carboxylic acids is 1. The molecule has 0 rings (SSSR count). The summed E-state index contributed by atoms with van der Waals surface area (Å²) >= 11 is 0. The third-order valence-corrected chi connectivity index (χ3v) is 5.09. The first-order valence-corrected chi connectivity index (χ1v) is 12.2. The summed E-state index contributed by atoms with van der Waals surface area (Å²) in [6.07, 6.45) is 25.4. The molecule has 0 heterocycles. The summed E-state index contributed by atoms with van der Waals surface area (Å²) in [5, 5.41) is 10.1. The van der Waals surface area contributed by atoms with Crippen LogP contribution in [0.15, 0.2) is 0 Å². The van der Waals surface area contributed by atoms with E-state index in [4.69, 9.17) is 0 Å². The highest BCUT2D eigenvalue weighted by atomic mass is 16.4. The molecule has 0 saturated carbocycles. The molecular formula is C24H51NO2. The number of carbonyl (C=O) groups excluding carboxylic acids is 1. The summed E-state index contributed by atoms with van der Waals surface area (Å²) in [5.41, 5.74) is 3.85. The number of hydrogen-bond acceptors (Lipinski definition) is 2. The summed E-state index contributed by atoms with van der Waals surface area (Å²) in [4.78, 5) is 10.1. The SMILES string of the molecule is CCCCCCCCCCCC(=O)[O-].CCCCCCCCCCCC[NH3+]. The maximum absolute atomic E-state index is 10.1. The first-order valence-electron chi connectivity index (χ1n) is 12.2. The molecule has 0 spiro atoms. The van der Waals surface area contributed by atoms with Crippen molar-refractivity contribution in [1.82, 2.24) is 0 Å². The zero-order chi connectivity index (χ0) is 20.4. The molecular weight excluding hydrogens is 334 g/mol. The Kier molecular flexibility index (Phi) is 29.3. The summed E-state index contributed by atoms with van der Waals surface area (Å²) in [6, 6.07) is 0. The van der Waals surface area contributed by atoms with Crippen LogP contribution in [0.3, 0.4) is 0 Å². The van der Waals surface area contributed by atoms with Gasteiger partial charge in [0.1, 0.15) is 0 Å². The highest BCUT2D eigenvalue weighted by molar-refractivity contribution is 5.63. The summed E-state index contributed by atoms with van der Waals surface area (Å²) < 4.78 is 0. The first-order chi connectivity index (χ1) is 13.2. The molecule has 0 saturated heterocycles. The number of unbranched alkanes of at least 4 members (excludes halogenated alkanes) is 17. The van der Waals surface area contributed by atoms with Crippen LogP contribution in [-0.2, 0) is 4.79 Å². The molecule has 0 aliphatic carbocycles. The minimum absolute atomic E-state index is 0.232. The standard InChI is InChI=1S/C12H27N.C12H24O2/c1-2-3-4-5-6-7-8-9-10-11-12-13;1-2-3-4-5-6-7-8-9-10-11-12(13)14/h2-13H2,1H3;2-11H2,1H3,(H,13,14). The van der Waals surface area contributed by atoms with Crippen LogP contribution in [0, 0.1) is 0 Å². The second-order valence-corrected chi connectivity index (χ2v) is 7.99. The van der Waals surface area contributed by atoms with Crippen LogP contribution >= 0.6 is 0 Å². The minimum Gasteiger partial charge on any atom is -0.550 e. The molecule has 0 atom stereocenters. The molecule has 0 unspecified atom stereocenters. The van der Waals surface area contributed by atoms with Crippen molar-refractivity contribution in [1.29, 1.82) is 0 Å². The lowest BCUT2D eigenvalue weighted by Gasteiger charge is -2.02. The van der Waals surface area contributed by atoms with E-state index >= 15 is 0 Å². The van der Waals surface area contributed by atoms with Gasteiger partial charge in [-0.2, -0.15) is 0 Å². The average molecular weight is 386 g/mol. The lowest BCUT2D eigenvalue weighted by atomic mass is 10.1. The van der Waals surface area contributed by atoms with Gasteiger partial charge < -0.3 is 15.6 Å². The van der Waals surface area contributed by atoms with Crippen molar-refractivity contribution in [3.8, 4) is 0 Å². The average Bonchev–Trinajstić information content (AvgIpc) is 2.66. The maximum Gasteiger partial charge on any atom is 0.0739 e. The van der Waals surface area contributed by atoms with E-state index in [1.165, 1.54) is 109 Å². The Hall–Kier alpha value is -0.570. The van der Waals surface area contributed by atoms with Crippen LogP contribution < -0.4 is 10.8 Å². The van der Waals surface area contributed by atoms with Gasteiger partial charge in [-0.3, -0.25) is 0 Å². The predicted octanol–water partition coefficient (Wildman–Crippen LogP) is 5.81. The second-order valence-electron chi connectivity index (χ2n) is 7.99. The van der Waals surface area contributed by atoms with Crippen molar-refractivity contribution in [3.63, 3.8) is 0 Å². The lowest BCUT2D eigenvalue weighted by Crippen LogP contribution is -2.50. The van der Waals surface area contributed by atoms with E-state index in [0.717, 1.165) is 19.4 Å². The van der Waals surface area contributed by atoms with Crippen LogP contribution in [0.1, 0.15) is 142 Å². The van der Waals surface area contributed by atoms with Gasteiger partial charge in [0.05, 0.1) is 6.54 Å². The Morgan fingerprint density at radius 1 is 0.556 bits per heavy atom. The largest absolute Gasteiger partial charge is 0.550 e. The highest BCUT2D eigenvalue weighted by Gasteiger charge is 1.93. The number of hydrogen-bond donors (Lipinski definition) is 1. The van der Waals surface area contributed by atoms with Gasteiger partial charge in [0.15, 0.2) is 0 Å². The van der Waals surface area contributed by atoms with Crippen LogP contribution in [0.4, 0.5) is 0 Å². The van der Waals surface area contributed by atoms with Crippen LogP contribution in [0.5, 0.6) is 0 Å². The minimum atomic E-state index is -0.909. The van der Waals surface area contributed by atoms with Gasteiger partial charge in [-0.15, -0.1) is 0 Å². The van der Waals surface area contributed by atoms with E-state index in [2.05, 4.69) is 19.6 Å². The molecule has 0 aromatic heterocycles. The van der Waals surface area contributed by atoms with Gasteiger partial charge in [0.2, 0.25) is 0 Å². The molecule has 0 aromatic carbocycles. The van der Waals surface area contributed by atoms with Crippen molar-refractivity contribution in [3.05, 3.63) is 0 Å². The summed E-state index contributed by atoms with van der Waals surface area (Å²) in [7, 11) is 0. The van der Waals surface area contributed by atoms with E-state index in [1.54, 1.807) is 0 Å². The van der Waals surface area contributed by atoms with Crippen molar-refractivity contribution >= 4 is 5.97 Å². The van der Waals surface area contributed by atoms with Crippen LogP contribution in [0.2, 0.25) is 0 Å². The second kappa shape index (κ2) is 27.6. The normalized spacial score (nSPS) is 10.5. The van der Waals surface area contributed by atoms with E-state index < -0.39 is 5.97 Å². The number of aliphatic carboxylic acids is 1. The van der Waals surface area contributed by atoms with Crippen molar-refractivity contribution < 1.29 is 15.6 Å². The fraction of sp³-hybridized carbons (Fsp3) is 0.958. The maximum atomic E-state index is 10.1. The first kappa shape index (κ1) is 28.6. The monoisotopic (exact) mass is 385 g/mol. The molecule has 0 fully saturated rings. The Balaban J connectivity index is 0. The van der Waals surface area contributed by atoms with Gasteiger partial charge in [-0.1, -0.05) is 117 Å². The van der Waals surface area contributed by atoms with Crippen molar-refractivity contribution in [2.75, 3.05) is 6.54 Å². The number of carbonyl (C=O) groups is 1. The fourth-order valence-corrected chi connectivity index (χ4v) is 3.24. The molecule has 3 N–H and O–H groups in total. The molecule has 3 heteroatoms. The third-order valence-electron chi connectivity index (χ3n) is 5.09. The van der Waals surface area contributed by atoms with Gasteiger partial charge in [0.25, 0.3) is 0 Å². The van der Waals surface area contributed by atoms with Crippen molar-refractivity contribution in [2.24, 2.45) is 0 Å². The highest BCUT2D eigenvalue weighted by Crippen LogP contribution is 2.10. The van der Waals surface area contributed by atoms with Crippen LogP contribution in [0.25, 0.3) is 0 Å². The Morgan fingerprint density at radius 3 is 1.15 bits per heavy atom. The van der Waals surface area contributed by atoms with Gasteiger partial charge in [-0.05, 0) is 25.7 Å². The Labute approximate surface area is 170 Å². The molecule has 0 bridgehead atoms. The van der Waals surface area contributed by atoms with E-state index in [9.17, 15) is 9.90 Å².